The van der Waals surface area contributed by atoms with E-state index in [1.54, 1.807) is 11.0 Å². The molecule has 1 aliphatic rings. The molecule has 126 valence electrons. The SMILES string of the molecule is NC(=O)c1cnc(Nc2cccc(-n3cncn3)c2)nc1NC1CC1. The van der Waals surface area contributed by atoms with Crippen LogP contribution in [0.15, 0.2) is 43.1 Å². The average Bonchev–Trinajstić information content (AvgIpc) is 3.24. The molecular weight excluding hydrogens is 320 g/mol. The lowest BCUT2D eigenvalue weighted by molar-refractivity contribution is 0.100. The predicted molar refractivity (Wildman–Crippen MR) is 91.8 cm³/mol. The van der Waals surface area contributed by atoms with Crippen LogP contribution >= 0.6 is 0 Å². The maximum absolute atomic E-state index is 11.5. The first-order valence-electron chi connectivity index (χ1n) is 7.84. The second-order valence-electron chi connectivity index (χ2n) is 5.75. The van der Waals surface area contributed by atoms with Crippen molar-refractivity contribution in [3.63, 3.8) is 0 Å². The highest BCUT2D eigenvalue weighted by molar-refractivity contribution is 5.97. The number of nitrogens with zero attached hydrogens (tertiary/aromatic N) is 5. The van der Waals surface area contributed by atoms with Crippen molar-refractivity contribution in [2.45, 2.75) is 18.9 Å². The van der Waals surface area contributed by atoms with E-state index in [0.29, 0.717) is 17.8 Å². The third-order valence-electron chi connectivity index (χ3n) is 3.76. The maximum atomic E-state index is 11.5. The number of nitrogens with two attached hydrogens (primary N) is 1. The van der Waals surface area contributed by atoms with Gasteiger partial charge in [-0.15, -0.1) is 0 Å². The number of hydrogen-bond acceptors (Lipinski definition) is 7. The summed E-state index contributed by atoms with van der Waals surface area (Å²) in [6.07, 6.45) is 6.65. The van der Waals surface area contributed by atoms with Gasteiger partial charge in [0.1, 0.15) is 18.5 Å². The zero-order valence-electron chi connectivity index (χ0n) is 13.3. The van der Waals surface area contributed by atoms with Crippen molar-refractivity contribution in [2.24, 2.45) is 5.73 Å². The lowest BCUT2D eigenvalue weighted by Gasteiger charge is -2.11. The summed E-state index contributed by atoms with van der Waals surface area (Å²) in [5.41, 5.74) is 7.32. The second-order valence-corrected chi connectivity index (χ2v) is 5.75. The zero-order chi connectivity index (χ0) is 17.2. The fourth-order valence-electron chi connectivity index (χ4n) is 2.35. The number of aromatic nitrogens is 5. The van der Waals surface area contributed by atoms with Crippen LogP contribution in [0.1, 0.15) is 23.2 Å². The van der Waals surface area contributed by atoms with Gasteiger partial charge in [-0.2, -0.15) is 10.1 Å². The van der Waals surface area contributed by atoms with Crippen molar-refractivity contribution in [3.05, 3.63) is 48.7 Å². The van der Waals surface area contributed by atoms with Crippen molar-refractivity contribution >= 4 is 23.4 Å². The van der Waals surface area contributed by atoms with Gasteiger partial charge in [0.2, 0.25) is 5.95 Å². The van der Waals surface area contributed by atoms with Crippen LogP contribution in [0.25, 0.3) is 5.69 Å². The first-order chi connectivity index (χ1) is 12.2. The van der Waals surface area contributed by atoms with Crippen LogP contribution in [0.2, 0.25) is 0 Å². The number of hydrogen-bond donors (Lipinski definition) is 3. The molecule has 0 bridgehead atoms. The third kappa shape index (κ3) is 3.39. The van der Waals surface area contributed by atoms with E-state index >= 15 is 0 Å². The van der Waals surface area contributed by atoms with E-state index in [9.17, 15) is 4.79 Å². The summed E-state index contributed by atoms with van der Waals surface area (Å²) in [4.78, 5) is 24.0. The van der Waals surface area contributed by atoms with Crippen molar-refractivity contribution in [1.82, 2.24) is 24.7 Å². The summed E-state index contributed by atoms with van der Waals surface area (Å²) in [5.74, 6) is 0.284. The molecule has 0 aliphatic heterocycles. The maximum Gasteiger partial charge on any atom is 0.254 e. The Kier molecular flexibility index (Phi) is 3.73. The summed E-state index contributed by atoms with van der Waals surface area (Å²) in [6.45, 7) is 0. The molecule has 1 aromatic carbocycles. The molecule has 9 heteroatoms. The molecule has 0 saturated heterocycles. The van der Waals surface area contributed by atoms with E-state index in [1.165, 1.54) is 12.5 Å². The van der Waals surface area contributed by atoms with Crippen LogP contribution in [0.4, 0.5) is 17.5 Å². The molecule has 25 heavy (non-hydrogen) atoms. The summed E-state index contributed by atoms with van der Waals surface area (Å²) < 4.78 is 1.66. The Balaban J connectivity index is 1.60. The lowest BCUT2D eigenvalue weighted by Crippen LogP contribution is -2.17. The average molecular weight is 336 g/mol. The number of primary amides is 1. The molecule has 1 saturated carbocycles. The van der Waals surface area contributed by atoms with E-state index in [1.807, 2.05) is 24.3 Å². The fraction of sp³-hybridized carbons (Fsp3) is 0.188. The van der Waals surface area contributed by atoms with E-state index in [-0.39, 0.29) is 5.56 Å². The van der Waals surface area contributed by atoms with Crippen molar-refractivity contribution < 1.29 is 4.79 Å². The van der Waals surface area contributed by atoms with Gasteiger partial charge in [-0.05, 0) is 31.0 Å². The molecule has 4 N–H and O–H groups in total. The highest BCUT2D eigenvalue weighted by atomic mass is 16.1. The molecule has 4 rings (SSSR count). The van der Waals surface area contributed by atoms with Crippen molar-refractivity contribution in [2.75, 3.05) is 10.6 Å². The summed E-state index contributed by atoms with van der Waals surface area (Å²) in [5, 5.41) is 10.4. The topological polar surface area (TPSA) is 124 Å². The largest absolute Gasteiger partial charge is 0.367 e. The molecule has 1 fully saturated rings. The lowest BCUT2D eigenvalue weighted by atomic mass is 10.2. The summed E-state index contributed by atoms with van der Waals surface area (Å²) in [7, 11) is 0. The van der Waals surface area contributed by atoms with Crippen LogP contribution in [0.5, 0.6) is 0 Å². The number of amides is 1. The quantitative estimate of drug-likeness (QED) is 0.622. The van der Waals surface area contributed by atoms with Crippen molar-refractivity contribution in [1.29, 1.82) is 0 Å². The van der Waals surface area contributed by atoms with E-state index in [2.05, 4.69) is 30.7 Å². The second kappa shape index (κ2) is 6.19. The standard InChI is InChI=1S/C16H16N8O/c17-14(25)13-7-19-16(23-15(13)21-10-4-5-10)22-11-2-1-3-12(6-11)24-9-18-8-20-24/h1-3,6-10H,4-5H2,(H2,17,25)(H2,19,21,22,23). The molecule has 1 aliphatic carbocycles. The van der Waals surface area contributed by atoms with Gasteiger partial charge in [0.15, 0.2) is 0 Å². The van der Waals surface area contributed by atoms with Crippen LogP contribution in [0.3, 0.4) is 0 Å². The first-order valence-corrected chi connectivity index (χ1v) is 7.84. The number of carbonyl (C=O) groups is 1. The molecule has 2 aromatic heterocycles. The Hall–Kier alpha value is -3.49. The Morgan fingerprint density at radius 1 is 1.32 bits per heavy atom. The van der Waals surface area contributed by atoms with Gasteiger partial charge in [0.05, 0.1) is 11.3 Å². The van der Waals surface area contributed by atoms with E-state index < -0.39 is 5.91 Å². The van der Waals surface area contributed by atoms with Gasteiger partial charge < -0.3 is 16.4 Å². The van der Waals surface area contributed by atoms with Gasteiger partial charge in [0, 0.05) is 17.9 Å². The summed E-state index contributed by atoms with van der Waals surface area (Å²) >= 11 is 0. The number of rotatable bonds is 6. The smallest absolute Gasteiger partial charge is 0.254 e. The number of anilines is 3. The fourth-order valence-corrected chi connectivity index (χ4v) is 2.35. The van der Waals surface area contributed by atoms with Crippen molar-refractivity contribution in [3.8, 4) is 5.69 Å². The van der Waals surface area contributed by atoms with Gasteiger partial charge in [-0.25, -0.2) is 14.6 Å². The highest BCUT2D eigenvalue weighted by Crippen LogP contribution is 2.26. The number of carbonyl (C=O) groups excluding carboxylic acids is 1. The van der Waals surface area contributed by atoms with Gasteiger partial charge in [-0.1, -0.05) is 6.07 Å². The van der Waals surface area contributed by atoms with Crippen LogP contribution in [-0.2, 0) is 0 Å². The third-order valence-corrected chi connectivity index (χ3v) is 3.76. The minimum Gasteiger partial charge on any atom is -0.367 e. The van der Waals surface area contributed by atoms with Crippen LogP contribution in [-0.4, -0.2) is 36.7 Å². The molecule has 0 atom stereocenters. The molecule has 0 spiro atoms. The monoisotopic (exact) mass is 336 g/mol. The highest BCUT2D eigenvalue weighted by Gasteiger charge is 2.24. The van der Waals surface area contributed by atoms with Crippen LogP contribution in [0, 0.1) is 0 Å². The minimum absolute atomic E-state index is 0.286. The van der Waals surface area contributed by atoms with Gasteiger partial charge in [-0.3, -0.25) is 4.79 Å². The normalized spacial score (nSPS) is 13.4. The number of benzene rings is 1. The molecule has 9 nitrogen and oxygen atoms in total. The number of nitrogens with one attached hydrogen (secondary N) is 2. The molecule has 0 radical (unpaired) electrons. The zero-order valence-corrected chi connectivity index (χ0v) is 13.3. The molecular formula is C16H16N8O. The molecule has 2 heterocycles. The predicted octanol–water partition coefficient (Wildman–Crippen LogP) is 1.47. The Morgan fingerprint density at radius 2 is 2.20 bits per heavy atom. The first kappa shape index (κ1) is 15.1. The molecule has 1 amide bonds. The molecule has 0 unspecified atom stereocenters. The van der Waals surface area contributed by atoms with E-state index in [0.717, 1.165) is 24.2 Å². The Labute approximate surface area is 143 Å². The summed E-state index contributed by atoms with van der Waals surface area (Å²) in [6, 6.07) is 7.93. The van der Waals surface area contributed by atoms with Gasteiger partial charge in [0.25, 0.3) is 5.91 Å². The van der Waals surface area contributed by atoms with Gasteiger partial charge >= 0.3 is 0 Å². The molecule has 3 aromatic rings. The van der Waals surface area contributed by atoms with E-state index in [4.69, 9.17) is 5.73 Å². The Morgan fingerprint density at radius 3 is 2.92 bits per heavy atom. The van der Waals surface area contributed by atoms with Crippen LogP contribution < -0.4 is 16.4 Å². The Bertz CT molecular complexity index is 904. The minimum atomic E-state index is -0.553.